The summed E-state index contributed by atoms with van der Waals surface area (Å²) in [5.41, 5.74) is -1.39. The van der Waals surface area contributed by atoms with E-state index in [2.05, 4.69) is 0 Å². The van der Waals surface area contributed by atoms with Gasteiger partial charge in [-0.1, -0.05) is 60.7 Å². The van der Waals surface area contributed by atoms with E-state index in [0.29, 0.717) is 21.7 Å². The molecule has 7 heteroatoms. The van der Waals surface area contributed by atoms with Crippen LogP contribution in [0.2, 0.25) is 0 Å². The molecule has 1 aliphatic heterocycles. The van der Waals surface area contributed by atoms with Crippen LogP contribution in [0.25, 0.3) is 43.5 Å². The highest BCUT2D eigenvalue weighted by Crippen LogP contribution is 2.47. The molecule has 2 unspecified atom stereocenters. The van der Waals surface area contributed by atoms with Gasteiger partial charge in [-0.05, 0) is 22.9 Å². The highest BCUT2D eigenvalue weighted by molar-refractivity contribution is 6.07. The Balaban J connectivity index is 1.52. The Labute approximate surface area is 196 Å². The molecule has 0 amide bonds. The Morgan fingerprint density at radius 1 is 0.629 bits per heavy atom. The molecule has 2 aromatic heterocycles. The van der Waals surface area contributed by atoms with Crippen molar-refractivity contribution < 1.29 is 23.8 Å². The van der Waals surface area contributed by atoms with Crippen LogP contribution in [0.5, 0.6) is 11.5 Å². The molecule has 0 aliphatic carbocycles. The normalized spacial score (nSPS) is 17.3. The molecule has 7 rings (SSSR count). The first kappa shape index (κ1) is 19.8. The summed E-state index contributed by atoms with van der Waals surface area (Å²) in [7, 11) is 0. The molecule has 2 N–H and O–H groups in total. The van der Waals surface area contributed by atoms with Crippen LogP contribution < -0.4 is 16.0 Å². The van der Waals surface area contributed by atoms with E-state index in [9.17, 15) is 19.8 Å². The third kappa shape index (κ3) is 2.64. The number of aromatic hydroxyl groups is 1. The van der Waals surface area contributed by atoms with Gasteiger partial charge in [0.2, 0.25) is 6.29 Å². The zero-order chi connectivity index (χ0) is 23.8. The highest BCUT2D eigenvalue weighted by Gasteiger charge is 2.43. The monoisotopic (exact) mass is 464 g/mol. The third-order valence-corrected chi connectivity index (χ3v) is 6.73. The van der Waals surface area contributed by atoms with Gasteiger partial charge in [0.15, 0.2) is 0 Å². The van der Waals surface area contributed by atoms with Gasteiger partial charge in [-0.15, -0.1) is 0 Å². The highest BCUT2D eigenvalue weighted by atomic mass is 16.6. The van der Waals surface area contributed by atoms with Crippen molar-refractivity contribution >= 4 is 43.5 Å². The summed E-state index contributed by atoms with van der Waals surface area (Å²) in [6.07, 6.45) is -1.60. The Bertz CT molecular complexity index is 1970. The van der Waals surface area contributed by atoms with Crippen LogP contribution in [0.4, 0.5) is 0 Å². The molecule has 0 bridgehead atoms. The van der Waals surface area contributed by atoms with Crippen LogP contribution in [0.15, 0.2) is 91.2 Å². The second-order valence-corrected chi connectivity index (χ2v) is 8.60. The number of benzene rings is 4. The van der Waals surface area contributed by atoms with Crippen LogP contribution in [0.1, 0.15) is 17.0 Å². The SMILES string of the molecule is O=c1oc2c(ccc3ccccc32)c(O)c1C1c2c(c3ccc4ccccc4c3oc2=O)OC1O. The van der Waals surface area contributed by atoms with E-state index >= 15 is 0 Å². The van der Waals surface area contributed by atoms with Crippen molar-refractivity contribution in [2.24, 2.45) is 0 Å². The molecule has 0 spiro atoms. The number of aliphatic hydroxyl groups is 1. The molecule has 1 aliphatic rings. The lowest BCUT2D eigenvalue weighted by molar-refractivity contribution is -0.00987. The lowest BCUT2D eigenvalue weighted by Crippen LogP contribution is -2.26. The molecule has 170 valence electrons. The molecule has 2 atom stereocenters. The fraction of sp³-hybridized carbons (Fsp3) is 0.0714. The fourth-order valence-corrected chi connectivity index (χ4v) is 5.13. The quantitative estimate of drug-likeness (QED) is 0.267. The summed E-state index contributed by atoms with van der Waals surface area (Å²) in [6.45, 7) is 0. The molecule has 4 aromatic carbocycles. The summed E-state index contributed by atoms with van der Waals surface area (Å²) >= 11 is 0. The first-order chi connectivity index (χ1) is 17.0. The first-order valence-corrected chi connectivity index (χ1v) is 11.0. The Morgan fingerprint density at radius 2 is 1.17 bits per heavy atom. The van der Waals surface area contributed by atoms with E-state index in [1.807, 2.05) is 42.5 Å². The van der Waals surface area contributed by atoms with Gasteiger partial charge in [0.25, 0.3) is 0 Å². The van der Waals surface area contributed by atoms with Crippen LogP contribution in [0, 0.1) is 0 Å². The minimum absolute atomic E-state index is 0.0389. The van der Waals surface area contributed by atoms with E-state index in [1.165, 1.54) is 0 Å². The van der Waals surface area contributed by atoms with Crippen molar-refractivity contribution in [2.45, 2.75) is 12.2 Å². The van der Waals surface area contributed by atoms with Crippen LogP contribution >= 0.6 is 0 Å². The molecule has 0 saturated carbocycles. The second kappa shape index (κ2) is 6.94. The van der Waals surface area contributed by atoms with Gasteiger partial charge >= 0.3 is 11.3 Å². The molecule has 3 heterocycles. The minimum atomic E-state index is -1.60. The molecule has 0 saturated heterocycles. The Hall–Kier alpha value is -4.62. The van der Waals surface area contributed by atoms with Gasteiger partial charge in [0.1, 0.15) is 22.7 Å². The topological polar surface area (TPSA) is 110 Å². The second-order valence-electron chi connectivity index (χ2n) is 8.60. The smallest absolute Gasteiger partial charge is 0.344 e. The predicted octanol–water partition coefficient (Wildman–Crippen LogP) is 4.75. The maximum Gasteiger partial charge on any atom is 0.344 e. The Kier molecular flexibility index (Phi) is 3.93. The molecule has 7 nitrogen and oxygen atoms in total. The summed E-state index contributed by atoms with van der Waals surface area (Å²) in [6, 6.07) is 21.8. The maximum atomic E-state index is 13.2. The van der Waals surface area contributed by atoms with Crippen molar-refractivity contribution in [2.75, 3.05) is 0 Å². The van der Waals surface area contributed by atoms with Crippen molar-refractivity contribution in [3.05, 3.63) is 105 Å². The summed E-state index contributed by atoms with van der Waals surface area (Å²) < 4.78 is 17.0. The standard InChI is InChI=1S/C28H16O7/c29-22-17-11-9-13-5-1-3-7-15(13)23(17)33-27(31)20(22)19-21-25(35-26(19)30)18-12-10-14-6-2-4-8-16(14)24(18)34-28(21)32/h1-12,19,26,29-30H. The van der Waals surface area contributed by atoms with Gasteiger partial charge in [0, 0.05) is 10.8 Å². The van der Waals surface area contributed by atoms with Crippen molar-refractivity contribution in [3.63, 3.8) is 0 Å². The first-order valence-electron chi connectivity index (χ1n) is 11.0. The molecule has 0 fully saturated rings. The van der Waals surface area contributed by atoms with E-state index in [4.69, 9.17) is 13.6 Å². The van der Waals surface area contributed by atoms with Gasteiger partial charge < -0.3 is 23.8 Å². The summed E-state index contributed by atoms with van der Waals surface area (Å²) in [5.74, 6) is -1.54. The fourth-order valence-electron chi connectivity index (χ4n) is 5.13. The van der Waals surface area contributed by atoms with Crippen LogP contribution in [-0.2, 0) is 0 Å². The molecular formula is C28H16O7. The van der Waals surface area contributed by atoms with Crippen molar-refractivity contribution in [1.82, 2.24) is 0 Å². The number of ether oxygens (including phenoxy) is 1. The molecule has 0 radical (unpaired) electrons. The molecule has 35 heavy (non-hydrogen) atoms. The number of hydrogen-bond acceptors (Lipinski definition) is 7. The zero-order valence-electron chi connectivity index (χ0n) is 18.0. The van der Waals surface area contributed by atoms with E-state index in [0.717, 1.165) is 10.8 Å². The van der Waals surface area contributed by atoms with Crippen molar-refractivity contribution in [3.8, 4) is 11.5 Å². The predicted molar refractivity (Wildman–Crippen MR) is 130 cm³/mol. The van der Waals surface area contributed by atoms with Gasteiger partial charge in [-0.3, -0.25) is 0 Å². The average Bonchev–Trinajstić information content (AvgIpc) is 3.21. The maximum absolute atomic E-state index is 13.2. The molecular weight excluding hydrogens is 448 g/mol. The van der Waals surface area contributed by atoms with Gasteiger partial charge in [0.05, 0.1) is 27.8 Å². The van der Waals surface area contributed by atoms with E-state index < -0.39 is 23.5 Å². The number of rotatable bonds is 1. The minimum Gasteiger partial charge on any atom is -0.507 e. The van der Waals surface area contributed by atoms with Crippen LogP contribution in [-0.4, -0.2) is 16.5 Å². The van der Waals surface area contributed by atoms with Gasteiger partial charge in [-0.2, -0.15) is 0 Å². The van der Waals surface area contributed by atoms with E-state index in [1.54, 1.807) is 30.3 Å². The number of fused-ring (bicyclic) bond motifs is 8. The third-order valence-electron chi connectivity index (χ3n) is 6.73. The zero-order valence-corrected chi connectivity index (χ0v) is 18.0. The lowest BCUT2D eigenvalue weighted by atomic mass is 9.91. The summed E-state index contributed by atoms with van der Waals surface area (Å²) in [4.78, 5) is 26.4. The molecule has 6 aromatic rings. The average molecular weight is 464 g/mol. The van der Waals surface area contributed by atoms with E-state index in [-0.39, 0.29) is 33.6 Å². The van der Waals surface area contributed by atoms with Crippen LogP contribution in [0.3, 0.4) is 0 Å². The number of hydrogen-bond donors (Lipinski definition) is 2. The Morgan fingerprint density at radius 3 is 1.83 bits per heavy atom. The lowest BCUT2D eigenvalue weighted by Gasteiger charge is -2.15. The number of aliphatic hydroxyl groups excluding tert-OH is 1. The summed E-state index contributed by atoms with van der Waals surface area (Å²) in [5, 5.41) is 25.9. The largest absolute Gasteiger partial charge is 0.507 e. The van der Waals surface area contributed by atoms with Crippen molar-refractivity contribution in [1.29, 1.82) is 0 Å². The van der Waals surface area contributed by atoms with Gasteiger partial charge in [-0.25, -0.2) is 9.59 Å².